The Bertz CT molecular complexity index is 1580. The quantitative estimate of drug-likeness (QED) is 0.437. The molecular weight excluding hydrogens is 457 g/mol. The Kier molecular flexibility index (Phi) is 5.29. The van der Waals surface area contributed by atoms with Gasteiger partial charge in [-0.25, -0.2) is 9.37 Å². The lowest BCUT2D eigenvalue weighted by molar-refractivity contribution is -0.118. The van der Waals surface area contributed by atoms with E-state index < -0.39 is 23.5 Å². The molecule has 180 valence electrons. The van der Waals surface area contributed by atoms with Crippen LogP contribution in [0.1, 0.15) is 41.6 Å². The second-order valence-electron chi connectivity index (χ2n) is 9.68. The lowest BCUT2D eigenvalue weighted by atomic mass is 10.0. The van der Waals surface area contributed by atoms with Crippen LogP contribution in [0, 0.1) is 5.92 Å². The van der Waals surface area contributed by atoms with Gasteiger partial charge in [0.25, 0.3) is 5.91 Å². The zero-order valence-corrected chi connectivity index (χ0v) is 19.6. The summed E-state index contributed by atoms with van der Waals surface area (Å²) in [7, 11) is 0. The predicted molar refractivity (Wildman–Crippen MR) is 135 cm³/mol. The molecule has 0 radical (unpaired) electrons. The van der Waals surface area contributed by atoms with E-state index in [1.165, 1.54) is 11.8 Å². The van der Waals surface area contributed by atoms with Gasteiger partial charge in [0, 0.05) is 30.4 Å². The molecule has 2 aromatic carbocycles. The number of hydrogen-bond donors (Lipinski definition) is 1. The SMILES string of the molecule is CC(=O)[C@@H]1C[C@H]1c1ccc(-c2cccc(-n3cc(C(=O)NC4CC4F)c(=O)c4cccnc43)c2)cc1. The van der Waals surface area contributed by atoms with Crippen molar-refractivity contribution in [3.8, 4) is 16.8 Å². The van der Waals surface area contributed by atoms with Gasteiger partial charge in [0.05, 0.1) is 11.4 Å². The van der Waals surface area contributed by atoms with Gasteiger partial charge in [-0.3, -0.25) is 14.4 Å². The first-order valence-corrected chi connectivity index (χ1v) is 12.1. The van der Waals surface area contributed by atoms with Crippen LogP contribution in [0.5, 0.6) is 0 Å². The van der Waals surface area contributed by atoms with Gasteiger partial charge in [0.1, 0.15) is 23.2 Å². The van der Waals surface area contributed by atoms with Crippen LogP contribution in [0.15, 0.2) is 77.9 Å². The highest BCUT2D eigenvalue weighted by Gasteiger charge is 2.41. The van der Waals surface area contributed by atoms with Gasteiger partial charge in [-0.15, -0.1) is 0 Å². The molecule has 2 fully saturated rings. The van der Waals surface area contributed by atoms with E-state index in [1.54, 1.807) is 29.8 Å². The van der Waals surface area contributed by atoms with Crippen LogP contribution in [0.3, 0.4) is 0 Å². The number of aromatic nitrogens is 2. The third-order valence-electron chi connectivity index (χ3n) is 7.15. The highest BCUT2D eigenvalue weighted by Crippen LogP contribution is 2.48. The molecule has 4 aromatic rings. The van der Waals surface area contributed by atoms with Gasteiger partial charge in [0.15, 0.2) is 0 Å². The minimum atomic E-state index is -1.06. The number of carbonyl (C=O) groups is 2. The maximum Gasteiger partial charge on any atom is 0.257 e. The number of pyridine rings is 2. The predicted octanol–water partition coefficient (Wildman–Crippen LogP) is 4.59. The standard InChI is InChI=1S/C29H24FN3O3/c1-16(34)22-13-23(22)18-9-7-17(8-10-18)19-4-2-5-20(12-19)33-15-24(29(36)32-26-14-25(26)30)27(35)21-6-3-11-31-28(21)33/h2-12,15,22-23,25-26H,13-14H2,1H3,(H,32,36)/t22-,23-,25?,26?/m0/s1. The van der Waals surface area contributed by atoms with Crippen LogP contribution in [0.25, 0.3) is 27.8 Å². The average molecular weight is 482 g/mol. The number of nitrogens with zero attached hydrogens (tertiary/aromatic N) is 2. The first-order valence-electron chi connectivity index (χ1n) is 12.1. The molecule has 36 heavy (non-hydrogen) atoms. The minimum Gasteiger partial charge on any atom is -0.346 e. The summed E-state index contributed by atoms with van der Waals surface area (Å²) >= 11 is 0. The maximum absolute atomic E-state index is 13.4. The Labute approximate surface area is 206 Å². The fourth-order valence-electron chi connectivity index (χ4n) is 4.85. The van der Waals surface area contributed by atoms with Crippen molar-refractivity contribution in [2.75, 3.05) is 0 Å². The first-order chi connectivity index (χ1) is 17.4. The smallest absolute Gasteiger partial charge is 0.257 e. The van der Waals surface area contributed by atoms with Crippen molar-refractivity contribution in [2.45, 2.75) is 37.9 Å². The molecule has 4 atom stereocenters. The molecule has 0 aliphatic heterocycles. The molecule has 2 saturated carbocycles. The molecule has 7 heteroatoms. The Hall–Kier alpha value is -4.13. The first kappa shape index (κ1) is 22.3. The molecule has 2 aliphatic rings. The third kappa shape index (κ3) is 4.00. The highest BCUT2D eigenvalue weighted by atomic mass is 19.1. The number of fused-ring (bicyclic) bond motifs is 1. The van der Waals surface area contributed by atoms with Crippen LogP contribution in [0.2, 0.25) is 0 Å². The Morgan fingerprint density at radius 1 is 1.03 bits per heavy atom. The molecule has 1 N–H and O–H groups in total. The van der Waals surface area contributed by atoms with Crippen molar-refractivity contribution < 1.29 is 14.0 Å². The number of Topliss-reactive ketones (excluding diaryl/α,β-unsaturated/α-hetero) is 1. The summed E-state index contributed by atoms with van der Waals surface area (Å²) in [5, 5.41) is 2.92. The molecule has 0 spiro atoms. The van der Waals surface area contributed by atoms with E-state index in [0.717, 1.165) is 23.2 Å². The average Bonchev–Trinajstić information content (AvgIpc) is 3.82. The molecule has 0 bridgehead atoms. The molecule has 2 aliphatic carbocycles. The fraction of sp³-hybridized carbons (Fsp3) is 0.241. The maximum atomic E-state index is 13.4. The van der Waals surface area contributed by atoms with Crippen LogP contribution >= 0.6 is 0 Å². The summed E-state index contributed by atoms with van der Waals surface area (Å²) in [5.74, 6) is 0.116. The number of amides is 1. The van der Waals surface area contributed by atoms with Crippen LogP contribution in [-0.4, -0.2) is 33.5 Å². The van der Waals surface area contributed by atoms with E-state index in [-0.39, 0.29) is 23.7 Å². The Morgan fingerprint density at radius 2 is 1.81 bits per heavy atom. The summed E-state index contributed by atoms with van der Waals surface area (Å²) in [4.78, 5) is 41.9. The van der Waals surface area contributed by atoms with Gasteiger partial charge in [-0.2, -0.15) is 0 Å². The number of nitrogens with one attached hydrogen (secondary N) is 1. The second kappa shape index (κ2) is 8.52. The summed E-state index contributed by atoms with van der Waals surface area (Å²) in [6.45, 7) is 1.65. The van der Waals surface area contributed by atoms with E-state index in [9.17, 15) is 18.8 Å². The van der Waals surface area contributed by atoms with Gasteiger partial charge >= 0.3 is 0 Å². The van der Waals surface area contributed by atoms with Gasteiger partial charge in [0.2, 0.25) is 5.43 Å². The zero-order valence-electron chi connectivity index (χ0n) is 19.6. The highest BCUT2D eigenvalue weighted by molar-refractivity contribution is 5.97. The van der Waals surface area contributed by atoms with Gasteiger partial charge < -0.3 is 9.88 Å². The summed E-state index contributed by atoms with van der Waals surface area (Å²) in [6.07, 6.45) is 3.21. The van der Waals surface area contributed by atoms with E-state index in [4.69, 9.17) is 0 Å². The zero-order chi connectivity index (χ0) is 25.0. The van der Waals surface area contributed by atoms with Crippen molar-refractivity contribution in [1.82, 2.24) is 14.9 Å². The minimum absolute atomic E-state index is 0.0474. The molecule has 0 saturated heterocycles. The number of benzene rings is 2. The molecule has 2 unspecified atom stereocenters. The fourth-order valence-corrected chi connectivity index (χ4v) is 4.85. The van der Waals surface area contributed by atoms with Gasteiger partial charge in [-0.1, -0.05) is 36.4 Å². The number of alkyl halides is 1. The number of halogens is 1. The van der Waals surface area contributed by atoms with Crippen molar-refractivity contribution >= 4 is 22.7 Å². The molecule has 6 rings (SSSR count). The largest absolute Gasteiger partial charge is 0.346 e. The number of carbonyl (C=O) groups excluding carboxylic acids is 2. The molecule has 1 amide bonds. The summed E-state index contributed by atoms with van der Waals surface area (Å²) in [6, 6.07) is 18.8. The summed E-state index contributed by atoms with van der Waals surface area (Å²) in [5.41, 5.74) is 3.85. The second-order valence-corrected chi connectivity index (χ2v) is 9.68. The van der Waals surface area contributed by atoms with Crippen molar-refractivity contribution in [3.63, 3.8) is 0 Å². The Balaban J connectivity index is 1.37. The van der Waals surface area contributed by atoms with E-state index in [1.807, 2.05) is 36.4 Å². The number of hydrogen-bond acceptors (Lipinski definition) is 4. The lowest BCUT2D eigenvalue weighted by Gasteiger charge is -2.14. The molecule has 6 nitrogen and oxygen atoms in total. The lowest BCUT2D eigenvalue weighted by Crippen LogP contribution is -2.32. The van der Waals surface area contributed by atoms with E-state index >= 15 is 0 Å². The van der Waals surface area contributed by atoms with Gasteiger partial charge in [-0.05, 0) is 60.2 Å². The van der Waals surface area contributed by atoms with Crippen LogP contribution in [0.4, 0.5) is 4.39 Å². The molecular formula is C29H24FN3O3. The molecule has 2 aromatic heterocycles. The summed E-state index contributed by atoms with van der Waals surface area (Å²) < 4.78 is 15.1. The number of ketones is 1. The van der Waals surface area contributed by atoms with Crippen molar-refractivity contribution in [1.29, 1.82) is 0 Å². The van der Waals surface area contributed by atoms with Crippen LogP contribution in [-0.2, 0) is 4.79 Å². The van der Waals surface area contributed by atoms with Crippen molar-refractivity contribution in [2.24, 2.45) is 5.92 Å². The van der Waals surface area contributed by atoms with Crippen LogP contribution < -0.4 is 10.7 Å². The van der Waals surface area contributed by atoms with E-state index in [0.29, 0.717) is 17.0 Å². The monoisotopic (exact) mass is 481 g/mol. The van der Waals surface area contributed by atoms with E-state index in [2.05, 4.69) is 22.4 Å². The number of rotatable bonds is 6. The normalized spacial score (nSPS) is 22.3. The Morgan fingerprint density at radius 3 is 2.50 bits per heavy atom. The topological polar surface area (TPSA) is 81.1 Å². The third-order valence-corrected chi connectivity index (χ3v) is 7.15. The van der Waals surface area contributed by atoms with Crippen molar-refractivity contribution in [3.05, 3.63) is 94.4 Å². The molecule has 2 heterocycles.